The van der Waals surface area contributed by atoms with Crippen molar-refractivity contribution in [2.75, 3.05) is 11.9 Å². The number of aromatic nitrogens is 2. The van der Waals surface area contributed by atoms with E-state index in [4.69, 9.17) is 0 Å². The van der Waals surface area contributed by atoms with Crippen LogP contribution < -0.4 is 10.9 Å². The molecule has 1 aromatic heterocycles. The van der Waals surface area contributed by atoms with E-state index in [0.29, 0.717) is 23.1 Å². The fourth-order valence-corrected chi connectivity index (χ4v) is 1.87. The van der Waals surface area contributed by atoms with Crippen molar-refractivity contribution in [3.63, 3.8) is 0 Å². The van der Waals surface area contributed by atoms with Gasteiger partial charge < -0.3 is 5.32 Å². The van der Waals surface area contributed by atoms with Crippen molar-refractivity contribution in [1.29, 1.82) is 0 Å². The SMILES string of the molecule is O=c1[nH]ncc(NCCc2cccc(F)c2)c1Br. The standard InChI is InChI=1S/C12H11BrFN3O/c13-11-10(7-16-17-12(11)18)15-5-4-8-2-1-3-9(14)6-8/h1-3,6-7H,4-5H2,(H2,15,17,18). The highest BCUT2D eigenvalue weighted by atomic mass is 79.9. The van der Waals surface area contributed by atoms with Gasteiger partial charge in [-0.1, -0.05) is 12.1 Å². The van der Waals surface area contributed by atoms with Crippen molar-refractivity contribution in [3.8, 4) is 0 Å². The monoisotopic (exact) mass is 311 g/mol. The number of anilines is 1. The quantitative estimate of drug-likeness (QED) is 0.911. The molecule has 0 saturated heterocycles. The lowest BCUT2D eigenvalue weighted by atomic mass is 10.1. The number of aromatic amines is 1. The van der Waals surface area contributed by atoms with E-state index in [1.165, 1.54) is 18.3 Å². The zero-order chi connectivity index (χ0) is 13.0. The van der Waals surface area contributed by atoms with Gasteiger partial charge in [-0.2, -0.15) is 5.10 Å². The highest BCUT2D eigenvalue weighted by molar-refractivity contribution is 9.10. The lowest BCUT2D eigenvalue weighted by Crippen LogP contribution is -2.13. The smallest absolute Gasteiger partial charge is 0.280 e. The molecule has 0 aliphatic carbocycles. The van der Waals surface area contributed by atoms with Crippen molar-refractivity contribution in [3.05, 3.63) is 56.7 Å². The first-order valence-corrected chi connectivity index (χ1v) is 6.17. The van der Waals surface area contributed by atoms with Gasteiger partial charge in [0.25, 0.3) is 5.56 Å². The van der Waals surface area contributed by atoms with Crippen LogP contribution in [0.5, 0.6) is 0 Å². The molecule has 2 aromatic rings. The van der Waals surface area contributed by atoms with Crippen LogP contribution in [-0.2, 0) is 6.42 Å². The Balaban J connectivity index is 1.97. The molecule has 18 heavy (non-hydrogen) atoms. The third kappa shape index (κ3) is 3.16. The molecule has 0 saturated carbocycles. The first kappa shape index (κ1) is 12.8. The minimum absolute atomic E-state index is 0.244. The third-order valence-corrected chi connectivity index (χ3v) is 3.20. The Kier molecular flexibility index (Phi) is 4.09. The maximum Gasteiger partial charge on any atom is 0.280 e. The Hall–Kier alpha value is -1.69. The Morgan fingerprint density at radius 2 is 2.28 bits per heavy atom. The van der Waals surface area contributed by atoms with Crippen LogP contribution in [0.4, 0.5) is 10.1 Å². The van der Waals surface area contributed by atoms with E-state index in [1.54, 1.807) is 6.07 Å². The summed E-state index contributed by atoms with van der Waals surface area (Å²) >= 11 is 3.17. The Morgan fingerprint density at radius 3 is 3.06 bits per heavy atom. The van der Waals surface area contributed by atoms with Crippen LogP contribution in [0.15, 0.2) is 39.7 Å². The predicted octanol–water partition coefficient (Wildman–Crippen LogP) is 2.33. The Morgan fingerprint density at radius 1 is 1.44 bits per heavy atom. The van der Waals surface area contributed by atoms with Crippen LogP contribution in [0.2, 0.25) is 0 Å². The minimum Gasteiger partial charge on any atom is -0.382 e. The molecule has 6 heteroatoms. The van der Waals surface area contributed by atoms with Crippen LogP contribution in [-0.4, -0.2) is 16.7 Å². The molecule has 2 rings (SSSR count). The zero-order valence-corrected chi connectivity index (χ0v) is 11.0. The largest absolute Gasteiger partial charge is 0.382 e. The van der Waals surface area contributed by atoms with Gasteiger partial charge in [-0.15, -0.1) is 0 Å². The van der Waals surface area contributed by atoms with E-state index in [2.05, 4.69) is 31.4 Å². The number of hydrogen-bond acceptors (Lipinski definition) is 3. The molecule has 0 spiro atoms. The van der Waals surface area contributed by atoms with Gasteiger partial charge in [-0.05, 0) is 40.0 Å². The number of rotatable bonds is 4. The van der Waals surface area contributed by atoms with Crippen molar-refractivity contribution in [2.45, 2.75) is 6.42 Å². The molecule has 1 heterocycles. The number of benzene rings is 1. The number of halogens is 2. The maximum atomic E-state index is 13.0. The van der Waals surface area contributed by atoms with Crippen molar-refractivity contribution in [2.24, 2.45) is 0 Å². The lowest BCUT2D eigenvalue weighted by molar-refractivity contribution is 0.625. The Labute approximate surface area is 111 Å². The normalized spacial score (nSPS) is 10.3. The highest BCUT2D eigenvalue weighted by Gasteiger charge is 2.03. The zero-order valence-electron chi connectivity index (χ0n) is 9.41. The molecular formula is C12H11BrFN3O. The van der Waals surface area contributed by atoms with Gasteiger partial charge in [0.1, 0.15) is 10.3 Å². The van der Waals surface area contributed by atoms with Gasteiger partial charge in [-0.3, -0.25) is 4.79 Å². The fourth-order valence-electron chi connectivity index (χ4n) is 1.54. The van der Waals surface area contributed by atoms with Crippen molar-refractivity contribution < 1.29 is 4.39 Å². The highest BCUT2D eigenvalue weighted by Crippen LogP contribution is 2.15. The summed E-state index contributed by atoms with van der Waals surface area (Å²) in [4.78, 5) is 11.3. The van der Waals surface area contributed by atoms with Gasteiger partial charge in [0.05, 0.1) is 11.9 Å². The molecule has 4 nitrogen and oxygen atoms in total. The topological polar surface area (TPSA) is 57.8 Å². The van der Waals surface area contributed by atoms with Gasteiger partial charge in [0.2, 0.25) is 0 Å². The van der Waals surface area contributed by atoms with Gasteiger partial charge in [-0.25, -0.2) is 9.49 Å². The second kappa shape index (κ2) is 5.77. The van der Waals surface area contributed by atoms with E-state index >= 15 is 0 Å². The average Bonchev–Trinajstić information content (AvgIpc) is 2.35. The summed E-state index contributed by atoms with van der Waals surface area (Å²) in [5.41, 5.74) is 1.23. The molecule has 0 fully saturated rings. The summed E-state index contributed by atoms with van der Waals surface area (Å²) in [5, 5.41) is 9.08. The number of H-pyrrole nitrogens is 1. The number of nitrogens with zero attached hydrogens (tertiary/aromatic N) is 1. The fraction of sp³-hybridized carbons (Fsp3) is 0.167. The molecule has 0 atom stereocenters. The molecule has 2 N–H and O–H groups in total. The molecule has 1 aromatic carbocycles. The first-order chi connectivity index (χ1) is 8.66. The Bertz CT molecular complexity index is 600. The summed E-state index contributed by atoms with van der Waals surface area (Å²) in [6, 6.07) is 6.44. The molecule has 0 bridgehead atoms. The average molecular weight is 312 g/mol. The molecule has 0 aliphatic rings. The summed E-state index contributed by atoms with van der Waals surface area (Å²) in [6.07, 6.45) is 2.19. The van der Waals surface area contributed by atoms with E-state index in [1.807, 2.05) is 6.07 Å². The summed E-state index contributed by atoms with van der Waals surface area (Å²) in [7, 11) is 0. The molecule has 0 radical (unpaired) electrons. The molecule has 0 amide bonds. The van der Waals surface area contributed by atoms with E-state index in [-0.39, 0.29) is 11.4 Å². The molecular weight excluding hydrogens is 301 g/mol. The van der Waals surface area contributed by atoms with Crippen molar-refractivity contribution >= 4 is 21.6 Å². The summed E-state index contributed by atoms with van der Waals surface area (Å²) in [6.45, 7) is 0.590. The first-order valence-electron chi connectivity index (χ1n) is 5.38. The second-order valence-electron chi connectivity index (χ2n) is 3.73. The number of nitrogens with one attached hydrogen (secondary N) is 2. The molecule has 0 aliphatic heterocycles. The van der Waals surface area contributed by atoms with Gasteiger partial charge in [0.15, 0.2) is 0 Å². The molecule has 94 valence electrons. The molecule has 0 unspecified atom stereocenters. The van der Waals surface area contributed by atoms with Crippen LogP contribution in [0.3, 0.4) is 0 Å². The number of hydrogen-bond donors (Lipinski definition) is 2. The summed E-state index contributed by atoms with van der Waals surface area (Å²) < 4.78 is 13.4. The van der Waals surface area contributed by atoms with E-state index < -0.39 is 0 Å². The van der Waals surface area contributed by atoms with Crippen LogP contribution in [0.1, 0.15) is 5.56 Å². The van der Waals surface area contributed by atoms with Crippen molar-refractivity contribution in [1.82, 2.24) is 10.2 Å². The second-order valence-corrected chi connectivity index (χ2v) is 4.53. The minimum atomic E-state index is -0.286. The third-order valence-electron chi connectivity index (χ3n) is 2.41. The van der Waals surface area contributed by atoms with E-state index in [0.717, 1.165) is 5.56 Å². The lowest BCUT2D eigenvalue weighted by Gasteiger charge is -2.07. The summed E-state index contributed by atoms with van der Waals surface area (Å²) in [5.74, 6) is -0.244. The van der Waals surface area contributed by atoms with Gasteiger partial charge >= 0.3 is 0 Å². The predicted molar refractivity (Wildman–Crippen MR) is 71.2 cm³/mol. The maximum absolute atomic E-state index is 13.0. The van der Waals surface area contributed by atoms with Crippen LogP contribution in [0.25, 0.3) is 0 Å². The van der Waals surface area contributed by atoms with Crippen LogP contribution in [0, 0.1) is 5.82 Å². The van der Waals surface area contributed by atoms with Crippen LogP contribution >= 0.6 is 15.9 Å². The van der Waals surface area contributed by atoms with E-state index in [9.17, 15) is 9.18 Å². The van der Waals surface area contributed by atoms with Gasteiger partial charge in [0, 0.05) is 6.54 Å².